The number of hydrogen-bond donors (Lipinski definition) is 1. The molecule has 1 heterocycles. The van der Waals surface area contributed by atoms with E-state index < -0.39 is 4.92 Å². The highest BCUT2D eigenvalue weighted by Gasteiger charge is 2.16. The maximum atomic E-state index is 11.0. The number of benzene rings is 1. The van der Waals surface area contributed by atoms with Gasteiger partial charge >= 0.3 is 0 Å². The van der Waals surface area contributed by atoms with Crippen molar-refractivity contribution in [1.29, 1.82) is 0 Å². The van der Waals surface area contributed by atoms with Crippen LogP contribution in [0.2, 0.25) is 5.02 Å². The van der Waals surface area contributed by atoms with Crippen LogP contribution in [0.5, 0.6) is 0 Å². The van der Waals surface area contributed by atoms with Crippen LogP contribution < -0.4 is 5.73 Å². The third-order valence-electron chi connectivity index (χ3n) is 2.95. The topological polar surface area (TPSA) is 99.9 Å². The fraction of sp³-hybridized carbons (Fsp3) is 0.333. The van der Waals surface area contributed by atoms with Gasteiger partial charge in [0.2, 0.25) is 0 Å². The van der Waals surface area contributed by atoms with E-state index in [0.29, 0.717) is 16.3 Å². The summed E-state index contributed by atoms with van der Waals surface area (Å²) in [6.45, 7) is 2.20. The summed E-state index contributed by atoms with van der Waals surface area (Å²) in [5, 5.41) is 19.2. The Hall–Kier alpha value is -1.99. The van der Waals surface area contributed by atoms with Gasteiger partial charge in [0.15, 0.2) is 0 Å². The zero-order valence-electron chi connectivity index (χ0n) is 10.9. The van der Waals surface area contributed by atoms with Crippen LogP contribution in [0.1, 0.15) is 30.6 Å². The molecule has 7 nitrogen and oxygen atoms in total. The van der Waals surface area contributed by atoms with Gasteiger partial charge in [-0.1, -0.05) is 23.7 Å². The highest BCUT2D eigenvalue weighted by atomic mass is 35.5. The van der Waals surface area contributed by atoms with Gasteiger partial charge in [-0.15, -0.1) is 5.10 Å². The monoisotopic (exact) mass is 295 g/mol. The number of nitro groups is 1. The molecule has 1 unspecified atom stereocenters. The molecule has 20 heavy (non-hydrogen) atoms. The summed E-state index contributed by atoms with van der Waals surface area (Å²) in [5.74, 6) is 0. The first-order valence-corrected chi connectivity index (χ1v) is 6.47. The van der Waals surface area contributed by atoms with Gasteiger partial charge in [-0.25, -0.2) is 4.68 Å². The molecular formula is C12H14ClN5O2. The quantitative estimate of drug-likeness (QED) is 0.674. The summed E-state index contributed by atoms with van der Waals surface area (Å²) in [6, 6.07) is 4.37. The van der Waals surface area contributed by atoms with E-state index in [-0.39, 0.29) is 18.3 Å². The highest BCUT2D eigenvalue weighted by Crippen LogP contribution is 2.24. The highest BCUT2D eigenvalue weighted by molar-refractivity contribution is 6.30. The summed E-state index contributed by atoms with van der Waals surface area (Å²) >= 11 is 5.77. The Bertz CT molecular complexity index is 628. The van der Waals surface area contributed by atoms with Gasteiger partial charge in [0.25, 0.3) is 5.69 Å². The molecule has 2 aromatic rings. The van der Waals surface area contributed by atoms with Crippen molar-refractivity contribution in [3.63, 3.8) is 0 Å². The summed E-state index contributed by atoms with van der Waals surface area (Å²) < 4.78 is 1.53. The Labute approximate surface area is 120 Å². The van der Waals surface area contributed by atoms with Crippen LogP contribution >= 0.6 is 11.6 Å². The first-order valence-electron chi connectivity index (χ1n) is 6.09. The molecule has 0 saturated carbocycles. The third kappa shape index (κ3) is 3.12. The number of nitrogens with zero attached hydrogens (tertiary/aromatic N) is 4. The Morgan fingerprint density at radius 1 is 1.55 bits per heavy atom. The van der Waals surface area contributed by atoms with Crippen LogP contribution in [0.25, 0.3) is 0 Å². The lowest BCUT2D eigenvalue weighted by molar-refractivity contribution is -0.385. The third-order valence-corrected chi connectivity index (χ3v) is 3.19. The van der Waals surface area contributed by atoms with Crippen molar-refractivity contribution in [1.82, 2.24) is 15.0 Å². The van der Waals surface area contributed by atoms with E-state index in [1.54, 1.807) is 18.3 Å². The Balaban J connectivity index is 2.26. The first-order chi connectivity index (χ1) is 9.51. The minimum absolute atomic E-state index is 0.0330. The zero-order valence-corrected chi connectivity index (χ0v) is 11.6. The second-order valence-electron chi connectivity index (χ2n) is 4.39. The number of hydrogen-bond acceptors (Lipinski definition) is 5. The molecule has 1 atom stereocenters. The molecule has 0 amide bonds. The van der Waals surface area contributed by atoms with E-state index in [9.17, 15) is 10.1 Å². The lowest BCUT2D eigenvalue weighted by Gasteiger charge is -2.04. The van der Waals surface area contributed by atoms with E-state index >= 15 is 0 Å². The molecule has 2 N–H and O–H groups in total. The Morgan fingerprint density at radius 2 is 2.30 bits per heavy atom. The minimum atomic E-state index is -0.461. The maximum absolute atomic E-state index is 11.0. The standard InChI is InChI=1S/C12H14ClN5O2/c1-2-10(14)11-7-17(16-15-11)6-8-3-4-9(13)5-12(8)18(19)20/h3-5,7,10H,2,6,14H2,1H3. The van der Waals surface area contributed by atoms with Crippen LogP contribution in [-0.2, 0) is 6.54 Å². The van der Waals surface area contributed by atoms with E-state index in [2.05, 4.69) is 10.3 Å². The summed E-state index contributed by atoms with van der Waals surface area (Å²) in [5.41, 5.74) is 7.01. The largest absolute Gasteiger partial charge is 0.323 e. The molecule has 0 saturated heterocycles. The fourth-order valence-electron chi connectivity index (χ4n) is 1.78. The van der Waals surface area contributed by atoms with Crippen molar-refractivity contribution in [2.75, 3.05) is 0 Å². The molecule has 1 aromatic heterocycles. The molecule has 0 spiro atoms. The zero-order chi connectivity index (χ0) is 14.7. The van der Waals surface area contributed by atoms with Gasteiger partial charge in [-0.05, 0) is 18.6 Å². The molecule has 106 valence electrons. The smallest absolute Gasteiger partial charge is 0.275 e. The SMILES string of the molecule is CCC(N)c1cn(Cc2ccc(Cl)cc2[N+](=O)[O-])nn1. The lowest BCUT2D eigenvalue weighted by Crippen LogP contribution is -2.09. The number of nitro benzene ring substituents is 1. The van der Waals surface area contributed by atoms with Crippen LogP contribution in [0.15, 0.2) is 24.4 Å². The molecule has 0 aliphatic carbocycles. The van der Waals surface area contributed by atoms with Gasteiger partial charge < -0.3 is 5.73 Å². The van der Waals surface area contributed by atoms with Crippen LogP contribution in [0, 0.1) is 10.1 Å². The number of aromatic nitrogens is 3. The van der Waals surface area contributed by atoms with Gasteiger partial charge in [0, 0.05) is 11.1 Å². The second kappa shape index (κ2) is 5.98. The predicted octanol–water partition coefficient (Wildman–Crippen LogP) is 2.30. The van der Waals surface area contributed by atoms with Crippen molar-refractivity contribution in [3.05, 3.63) is 50.8 Å². The van der Waals surface area contributed by atoms with Crippen molar-refractivity contribution < 1.29 is 4.92 Å². The summed E-state index contributed by atoms with van der Waals surface area (Å²) in [6.07, 6.45) is 2.45. The van der Waals surface area contributed by atoms with Crippen LogP contribution in [0.3, 0.4) is 0 Å². The Kier molecular flexibility index (Phi) is 4.31. The molecule has 2 rings (SSSR count). The molecule has 0 aliphatic rings. The van der Waals surface area contributed by atoms with Crippen molar-refractivity contribution >= 4 is 17.3 Å². The molecular weight excluding hydrogens is 282 g/mol. The average Bonchev–Trinajstić information content (AvgIpc) is 2.88. The van der Waals surface area contributed by atoms with Gasteiger partial charge in [0.1, 0.15) is 0 Å². The van der Waals surface area contributed by atoms with E-state index in [0.717, 1.165) is 6.42 Å². The molecule has 1 aromatic carbocycles. The van der Waals surface area contributed by atoms with E-state index in [4.69, 9.17) is 17.3 Å². The van der Waals surface area contributed by atoms with E-state index in [1.807, 2.05) is 6.92 Å². The molecule has 0 aliphatic heterocycles. The number of rotatable bonds is 5. The normalized spacial score (nSPS) is 12.3. The Morgan fingerprint density at radius 3 is 2.95 bits per heavy atom. The minimum Gasteiger partial charge on any atom is -0.323 e. The van der Waals surface area contributed by atoms with E-state index in [1.165, 1.54) is 10.7 Å². The van der Waals surface area contributed by atoms with Gasteiger partial charge in [0.05, 0.1) is 35.0 Å². The lowest BCUT2D eigenvalue weighted by atomic mass is 10.1. The number of halogens is 1. The first kappa shape index (κ1) is 14.4. The van der Waals surface area contributed by atoms with Crippen LogP contribution in [-0.4, -0.2) is 19.9 Å². The second-order valence-corrected chi connectivity index (χ2v) is 4.82. The molecule has 0 fully saturated rings. The summed E-state index contributed by atoms with van der Waals surface area (Å²) in [4.78, 5) is 10.5. The summed E-state index contributed by atoms with van der Waals surface area (Å²) in [7, 11) is 0. The number of nitrogens with two attached hydrogens (primary N) is 1. The van der Waals surface area contributed by atoms with Crippen LogP contribution in [0.4, 0.5) is 5.69 Å². The van der Waals surface area contributed by atoms with Crippen molar-refractivity contribution in [2.24, 2.45) is 5.73 Å². The average molecular weight is 296 g/mol. The fourth-order valence-corrected chi connectivity index (χ4v) is 1.95. The molecule has 8 heteroatoms. The van der Waals surface area contributed by atoms with Crippen molar-refractivity contribution in [2.45, 2.75) is 25.9 Å². The predicted molar refractivity (Wildman–Crippen MR) is 74.4 cm³/mol. The van der Waals surface area contributed by atoms with Gasteiger partial charge in [-0.2, -0.15) is 0 Å². The molecule has 0 bridgehead atoms. The van der Waals surface area contributed by atoms with Crippen molar-refractivity contribution in [3.8, 4) is 0 Å². The molecule has 0 radical (unpaired) electrons. The maximum Gasteiger partial charge on any atom is 0.275 e. The van der Waals surface area contributed by atoms with Gasteiger partial charge in [-0.3, -0.25) is 10.1 Å².